The molecule has 2 aromatic heterocycles. The Morgan fingerprint density at radius 1 is 0.538 bits per heavy atom. The zero-order valence-electron chi connectivity index (χ0n) is 42.1. The summed E-state index contributed by atoms with van der Waals surface area (Å²) in [6, 6.07) is 37.8. The van der Waals surface area contributed by atoms with Gasteiger partial charge in [-0.3, -0.25) is 14.3 Å². The fourth-order valence-electron chi connectivity index (χ4n) is 7.12. The summed E-state index contributed by atoms with van der Waals surface area (Å²) >= 11 is 23.3. The van der Waals surface area contributed by atoms with Crippen molar-refractivity contribution in [2.24, 2.45) is 0 Å². The minimum atomic E-state index is -4.02. The molecule has 2 amide bonds. The number of halogens is 5. The monoisotopic (exact) mass is 1190 g/mol. The predicted octanol–water partition coefficient (Wildman–Crippen LogP) is 13.7. The number of nitrogens with one attached hydrogen (secondary N) is 5. The Balaban J connectivity index is 0.000000200. The molecule has 7 N–H and O–H groups in total. The third kappa shape index (κ3) is 18.0. The van der Waals surface area contributed by atoms with E-state index in [0.717, 1.165) is 52.5 Å². The Hall–Kier alpha value is -7.07. The predicted molar refractivity (Wildman–Crippen MR) is 314 cm³/mol. The second-order valence-electron chi connectivity index (χ2n) is 16.9. The average molecular weight is 1190 g/mol. The van der Waals surface area contributed by atoms with E-state index in [-0.39, 0.29) is 41.7 Å². The normalized spacial score (nSPS) is 11.8. The number of nitrogens with zero attached hydrogens (tertiary/aromatic N) is 4. The maximum absolute atomic E-state index is 12.9. The first-order valence-corrected chi connectivity index (χ1v) is 28.7. The van der Waals surface area contributed by atoms with Gasteiger partial charge < -0.3 is 31.7 Å². The third-order valence-electron chi connectivity index (χ3n) is 10.6. The zero-order chi connectivity index (χ0) is 56.6. The van der Waals surface area contributed by atoms with E-state index in [9.17, 15) is 26.4 Å². The lowest BCUT2D eigenvalue weighted by molar-refractivity contribution is -0.115. The van der Waals surface area contributed by atoms with Crippen LogP contribution < -0.4 is 31.7 Å². The SMILES string of the molecule is C1CCOC1.CC(=O)Nc1ccc(-c2nc(Nc3cccc(N)c3)ncc2C)cc1.CC(=O)Nc1ccc(-c2nc(Nc3cccc(NS(=O)(=O)c4c(Cl)cccc4Cl)c3)ncc2C)cc1.O=S(=O)(Cl)c1c(Cl)cccc1Cl. The molecule has 6 aromatic carbocycles. The number of sulfonamides is 1. The minimum Gasteiger partial charge on any atom is -0.399 e. The number of anilines is 8. The fourth-order valence-corrected chi connectivity index (χ4v) is 11.7. The standard InChI is InChI=1S/C25H21Cl2N5O3S.C19H19N5O.C6H3Cl3O2S.C4H8O/c1-15-14-28-25(31-23(15)17-9-11-18(12-10-17)29-16(2)33)30-19-5-3-6-20(13-19)32-36(34,35)24-21(26)7-4-8-22(24)27;1-12-11-21-19(23-17-5-3-4-15(20)10-17)24-18(12)14-6-8-16(9-7-14)22-13(2)25;7-4-2-1-3-5(8)6(4)12(9,10)11;1-2-4-5-3-1/h3-14,32H,1-2H3,(H,29,33)(H,28,30,31);3-11H,20H2,1-2H3,(H,22,25)(H,21,23,24);1-3H;1-4H2. The summed E-state index contributed by atoms with van der Waals surface area (Å²) in [6.07, 6.45) is 6.02. The fraction of sp³-hybridized carbons (Fsp3) is 0.148. The number of amides is 2. The molecule has 78 heavy (non-hydrogen) atoms. The molecule has 8 aromatic rings. The Morgan fingerprint density at radius 2 is 0.936 bits per heavy atom. The van der Waals surface area contributed by atoms with Gasteiger partial charge in [0.05, 0.1) is 37.2 Å². The van der Waals surface area contributed by atoms with Gasteiger partial charge in [-0.1, -0.05) is 94.9 Å². The van der Waals surface area contributed by atoms with E-state index in [1.165, 1.54) is 57.0 Å². The number of hydrogen-bond acceptors (Lipinski definition) is 14. The van der Waals surface area contributed by atoms with E-state index in [0.29, 0.717) is 40.3 Å². The second kappa shape index (κ2) is 28.0. The van der Waals surface area contributed by atoms with Gasteiger partial charge in [-0.2, -0.15) is 0 Å². The first kappa shape index (κ1) is 60.2. The summed E-state index contributed by atoms with van der Waals surface area (Å²) in [7, 11) is -2.81. The van der Waals surface area contributed by atoms with E-state index in [2.05, 4.69) is 45.9 Å². The molecule has 0 radical (unpaired) electrons. The number of benzene rings is 6. The number of aryl methyl sites for hydroxylation is 2. The van der Waals surface area contributed by atoms with Crippen molar-refractivity contribution in [3.8, 4) is 22.5 Å². The third-order valence-corrected chi connectivity index (χ3v) is 15.2. The maximum Gasteiger partial charge on any atom is 0.264 e. The molecule has 406 valence electrons. The molecule has 0 saturated carbocycles. The van der Waals surface area contributed by atoms with Crippen molar-refractivity contribution in [2.75, 3.05) is 44.9 Å². The van der Waals surface area contributed by atoms with Gasteiger partial charge in [-0.05, 0) is 123 Å². The number of carbonyl (C=O) groups excluding carboxylic acids is 2. The van der Waals surface area contributed by atoms with Crippen LogP contribution in [0.5, 0.6) is 0 Å². The molecule has 1 aliphatic heterocycles. The number of nitrogens with two attached hydrogens (primary N) is 1. The van der Waals surface area contributed by atoms with Crippen LogP contribution in [0.2, 0.25) is 20.1 Å². The van der Waals surface area contributed by atoms with Crippen LogP contribution in [0.3, 0.4) is 0 Å². The van der Waals surface area contributed by atoms with Crippen molar-refractivity contribution in [1.29, 1.82) is 0 Å². The molecule has 0 bridgehead atoms. The van der Waals surface area contributed by atoms with E-state index in [1.807, 2.05) is 74.5 Å². The van der Waals surface area contributed by atoms with Crippen LogP contribution in [0.15, 0.2) is 156 Å². The second-order valence-corrected chi connectivity index (χ2v) is 22.6. The Morgan fingerprint density at radius 3 is 1.32 bits per heavy atom. The Bertz CT molecular complexity index is 3590. The van der Waals surface area contributed by atoms with Crippen LogP contribution in [0.4, 0.5) is 46.0 Å². The van der Waals surface area contributed by atoms with Crippen molar-refractivity contribution in [2.45, 2.75) is 50.3 Å². The summed E-state index contributed by atoms with van der Waals surface area (Å²) in [5.41, 5.74) is 14.8. The van der Waals surface area contributed by atoms with Gasteiger partial charge in [0.1, 0.15) is 9.79 Å². The molecule has 0 spiro atoms. The molecule has 24 heteroatoms. The Labute approximate surface area is 476 Å². The van der Waals surface area contributed by atoms with Crippen molar-refractivity contribution in [1.82, 2.24) is 19.9 Å². The quantitative estimate of drug-likeness (QED) is 0.0492. The number of nitrogen functional groups attached to an aromatic ring is 1. The van der Waals surface area contributed by atoms with E-state index in [1.54, 1.807) is 54.9 Å². The number of rotatable bonds is 12. The van der Waals surface area contributed by atoms with Gasteiger partial charge in [-0.15, -0.1) is 0 Å². The molecule has 9 rings (SSSR count). The highest BCUT2D eigenvalue weighted by Gasteiger charge is 2.22. The number of hydrogen-bond donors (Lipinski definition) is 6. The Kier molecular flexibility index (Phi) is 21.6. The molecule has 1 aliphatic rings. The van der Waals surface area contributed by atoms with Crippen LogP contribution in [-0.2, 0) is 33.4 Å². The van der Waals surface area contributed by atoms with Gasteiger partial charge in [-0.25, -0.2) is 36.8 Å². The van der Waals surface area contributed by atoms with Crippen LogP contribution in [-0.4, -0.2) is 61.8 Å². The van der Waals surface area contributed by atoms with Crippen molar-refractivity contribution in [3.63, 3.8) is 0 Å². The molecule has 1 fully saturated rings. The lowest BCUT2D eigenvalue weighted by atomic mass is 10.1. The molecule has 0 unspecified atom stereocenters. The van der Waals surface area contributed by atoms with Gasteiger partial charge in [0.2, 0.25) is 23.7 Å². The van der Waals surface area contributed by atoms with Gasteiger partial charge in [0, 0.05) is 89.7 Å². The smallest absolute Gasteiger partial charge is 0.264 e. The molecular weight excluding hydrogens is 1140 g/mol. The van der Waals surface area contributed by atoms with Crippen molar-refractivity contribution >= 4 is 134 Å². The highest BCUT2D eigenvalue weighted by molar-refractivity contribution is 8.14. The van der Waals surface area contributed by atoms with Crippen molar-refractivity contribution < 1.29 is 31.2 Å². The van der Waals surface area contributed by atoms with E-state index >= 15 is 0 Å². The largest absolute Gasteiger partial charge is 0.399 e. The maximum atomic E-state index is 12.9. The first-order valence-electron chi connectivity index (χ1n) is 23.4. The highest BCUT2D eigenvalue weighted by atomic mass is 35.7. The molecule has 0 atom stereocenters. The number of carbonyl (C=O) groups is 2. The molecule has 0 aliphatic carbocycles. The van der Waals surface area contributed by atoms with Crippen LogP contribution in [0, 0.1) is 13.8 Å². The first-order chi connectivity index (χ1) is 37.1. The van der Waals surface area contributed by atoms with Crippen LogP contribution in [0.1, 0.15) is 37.8 Å². The highest BCUT2D eigenvalue weighted by Crippen LogP contribution is 2.33. The molecule has 3 heterocycles. The minimum absolute atomic E-state index is 0.0231. The lowest BCUT2D eigenvalue weighted by Crippen LogP contribution is -2.14. The van der Waals surface area contributed by atoms with Gasteiger partial charge in [0.25, 0.3) is 19.1 Å². The summed E-state index contributed by atoms with van der Waals surface area (Å²) in [6.45, 7) is 8.79. The van der Waals surface area contributed by atoms with E-state index in [4.69, 9.17) is 67.6 Å². The molecular formula is C54H51Cl5N10O7S2. The van der Waals surface area contributed by atoms with Gasteiger partial charge >= 0.3 is 0 Å². The van der Waals surface area contributed by atoms with Crippen molar-refractivity contribution in [3.05, 3.63) is 177 Å². The average Bonchev–Trinajstić information content (AvgIpc) is 3.96. The summed E-state index contributed by atoms with van der Waals surface area (Å²) in [5, 5.41) is 11.8. The number of aromatic nitrogens is 4. The lowest BCUT2D eigenvalue weighted by Gasteiger charge is -2.13. The van der Waals surface area contributed by atoms with Gasteiger partial charge in [0.15, 0.2) is 0 Å². The summed E-state index contributed by atoms with van der Waals surface area (Å²) < 4.78 is 55.0. The summed E-state index contributed by atoms with van der Waals surface area (Å²) in [4.78, 5) is 39.8. The summed E-state index contributed by atoms with van der Waals surface area (Å²) in [5.74, 6) is 0.583. The van der Waals surface area contributed by atoms with Crippen LogP contribution >= 0.6 is 57.1 Å². The molecule has 1 saturated heterocycles. The van der Waals surface area contributed by atoms with Crippen LogP contribution in [0.25, 0.3) is 22.5 Å². The van der Waals surface area contributed by atoms with E-state index < -0.39 is 19.1 Å². The topological polar surface area (TPSA) is 249 Å². The molecule has 17 nitrogen and oxygen atoms in total. The zero-order valence-corrected chi connectivity index (χ0v) is 47.5. The number of ether oxygens (including phenoxy) is 1.